The Labute approximate surface area is 263 Å². The van der Waals surface area contributed by atoms with Crippen LogP contribution in [0.5, 0.6) is 17.2 Å². The van der Waals surface area contributed by atoms with Gasteiger partial charge in [-0.15, -0.1) is 0 Å². The van der Waals surface area contributed by atoms with E-state index in [1.165, 1.54) is 0 Å². The van der Waals surface area contributed by atoms with E-state index in [2.05, 4.69) is 10.6 Å². The van der Waals surface area contributed by atoms with Gasteiger partial charge in [0.2, 0.25) is 11.8 Å². The minimum absolute atomic E-state index is 0.0216. The van der Waals surface area contributed by atoms with Crippen LogP contribution in [-0.2, 0) is 20.9 Å². The Morgan fingerprint density at radius 1 is 0.867 bits per heavy atom. The second kappa shape index (κ2) is 14.2. The van der Waals surface area contributed by atoms with Crippen LogP contribution in [0.1, 0.15) is 67.3 Å². The third-order valence-electron chi connectivity index (χ3n) is 8.84. The minimum atomic E-state index is -0.509. The van der Waals surface area contributed by atoms with Crippen LogP contribution in [0.4, 0.5) is 0 Å². The lowest BCUT2D eigenvalue weighted by Gasteiger charge is -2.21. The zero-order valence-corrected chi connectivity index (χ0v) is 25.6. The van der Waals surface area contributed by atoms with Crippen molar-refractivity contribution in [3.05, 3.63) is 53.6 Å². The second-order valence-corrected chi connectivity index (χ2v) is 12.5. The van der Waals surface area contributed by atoms with Gasteiger partial charge in [-0.2, -0.15) is 0 Å². The summed E-state index contributed by atoms with van der Waals surface area (Å²) in [7, 11) is 0. The molecule has 7 rings (SSSR count). The highest BCUT2D eigenvalue weighted by Crippen LogP contribution is 2.31. The summed E-state index contributed by atoms with van der Waals surface area (Å²) in [5.74, 6) is 1.17. The second-order valence-electron chi connectivity index (χ2n) is 12.5. The van der Waals surface area contributed by atoms with E-state index in [9.17, 15) is 19.2 Å². The lowest BCUT2D eigenvalue weighted by Crippen LogP contribution is -2.45. The summed E-state index contributed by atoms with van der Waals surface area (Å²) in [6.45, 7) is 2.71. The molecule has 2 N–H and O–H groups in total. The molecule has 240 valence electrons. The molecule has 45 heavy (non-hydrogen) atoms. The van der Waals surface area contributed by atoms with Crippen molar-refractivity contribution in [1.82, 2.24) is 20.4 Å². The van der Waals surface area contributed by atoms with Crippen LogP contribution in [0.3, 0.4) is 0 Å². The van der Waals surface area contributed by atoms with Crippen molar-refractivity contribution >= 4 is 23.6 Å². The molecule has 4 heterocycles. The first kappa shape index (κ1) is 30.7. The third-order valence-corrected chi connectivity index (χ3v) is 8.84. The lowest BCUT2D eigenvalue weighted by atomic mass is 10.1. The van der Waals surface area contributed by atoms with Crippen LogP contribution in [-0.4, -0.2) is 85.0 Å². The smallest absolute Gasteiger partial charge is 0.258 e. The molecule has 4 aliphatic heterocycles. The van der Waals surface area contributed by atoms with Crippen LogP contribution in [0.2, 0.25) is 0 Å². The molecule has 0 unspecified atom stereocenters. The number of hydrogen-bond donors (Lipinski definition) is 2. The number of likely N-dealkylation sites (tertiary alicyclic amines) is 2. The lowest BCUT2D eigenvalue weighted by molar-refractivity contribution is -0.136. The monoisotopic (exact) mass is 618 g/mol. The van der Waals surface area contributed by atoms with E-state index in [4.69, 9.17) is 14.2 Å². The van der Waals surface area contributed by atoms with Gasteiger partial charge in [0.15, 0.2) is 6.61 Å². The van der Waals surface area contributed by atoms with Crippen molar-refractivity contribution in [2.75, 3.05) is 39.4 Å². The maximum atomic E-state index is 13.6. The number of carbonyl (C=O) groups excluding carboxylic acids is 4. The molecule has 5 aliphatic rings. The molecule has 2 aromatic carbocycles. The SMILES string of the molecule is O=C1COc2cc(OCC3CC3)cc(c2)C(=O)N[C@H]2CN(C(=O)CCC(=O)N3CCCCCC3)C[C@@H]2Oc2ccc(cc2)CN1. The van der Waals surface area contributed by atoms with E-state index in [1.807, 2.05) is 29.2 Å². The molecule has 2 aromatic rings. The number of ether oxygens (including phenoxy) is 3. The topological polar surface area (TPSA) is 127 Å². The fourth-order valence-electron chi connectivity index (χ4n) is 5.97. The van der Waals surface area contributed by atoms with Crippen molar-refractivity contribution in [3.8, 4) is 17.2 Å². The Balaban J connectivity index is 1.18. The maximum absolute atomic E-state index is 13.6. The van der Waals surface area contributed by atoms with Gasteiger partial charge in [0, 0.05) is 50.7 Å². The summed E-state index contributed by atoms with van der Waals surface area (Å²) in [4.78, 5) is 55.8. The standard InChI is InChI=1S/C34H42N4O7/c39-31-22-44-28-16-25(15-27(17-28)43-21-24-5-6-24)34(42)36-29-19-38(20-30(29)45-26-9-7-23(8-10-26)18-35-31)33(41)12-11-32(40)37-13-3-1-2-4-14-37/h7-10,15-17,24,29-30H,1-6,11-14,18-22H2,(H,35,39)(H,36,42)/t29-,30-/m0/s1. The number of nitrogens with zero attached hydrogens (tertiary/aromatic N) is 2. The summed E-state index contributed by atoms with van der Waals surface area (Å²) in [5, 5.41) is 5.92. The molecule has 1 saturated carbocycles. The van der Waals surface area contributed by atoms with Gasteiger partial charge in [-0.1, -0.05) is 25.0 Å². The molecule has 4 bridgehead atoms. The maximum Gasteiger partial charge on any atom is 0.258 e. The van der Waals surface area contributed by atoms with Crippen molar-refractivity contribution in [3.63, 3.8) is 0 Å². The molecular weight excluding hydrogens is 576 g/mol. The number of fused-ring (bicyclic) bond motifs is 7. The molecule has 11 nitrogen and oxygen atoms in total. The number of benzene rings is 2. The van der Waals surface area contributed by atoms with Gasteiger partial charge in [0.25, 0.3) is 11.8 Å². The average Bonchev–Trinajstić information content (AvgIpc) is 3.85. The van der Waals surface area contributed by atoms with Crippen LogP contribution in [0.15, 0.2) is 42.5 Å². The van der Waals surface area contributed by atoms with Gasteiger partial charge in [-0.3, -0.25) is 19.2 Å². The fourth-order valence-corrected chi connectivity index (χ4v) is 5.97. The van der Waals surface area contributed by atoms with E-state index in [0.29, 0.717) is 41.9 Å². The van der Waals surface area contributed by atoms with Crippen LogP contribution in [0.25, 0.3) is 0 Å². The van der Waals surface area contributed by atoms with Gasteiger partial charge < -0.3 is 34.6 Å². The zero-order valence-electron chi connectivity index (χ0n) is 25.6. The quantitative estimate of drug-likeness (QED) is 0.510. The predicted octanol–water partition coefficient (Wildman–Crippen LogP) is 3.06. The number of amides is 4. The Bertz CT molecular complexity index is 1390. The zero-order chi connectivity index (χ0) is 31.2. The Hall–Kier alpha value is -4.28. The number of carbonyl (C=O) groups is 4. The summed E-state index contributed by atoms with van der Waals surface area (Å²) in [5.41, 5.74) is 1.21. The Morgan fingerprint density at radius 3 is 2.33 bits per heavy atom. The minimum Gasteiger partial charge on any atom is -0.493 e. The van der Waals surface area contributed by atoms with Crippen LogP contribution in [0, 0.1) is 5.92 Å². The first-order chi connectivity index (χ1) is 21.9. The molecule has 3 fully saturated rings. The first-order valence-electron chi connectivity index (χ1n) is 16.2. The summed E-state index contributed by atoms with van der Waals surface area (Å²) >= 11 is 0. The number of nitrogens with one attached hydrogen (secondary N) is 2. The van der Waals surface area contributed by atoms with Crippen molar-refractivity contribution in [2.24, 2.45) is 5.92 Å². The van der Waals surface area contributed by atoms with Gasteiger partial charge in [0.05, 0.1) is 19.2 Å². The van der Waals surface area contributed by atoms with E-state index in [1.54, 1.807) is 23.1 Å². The molecule has 2 atom stereocenters. The summed E-state index contributed by atoms with van der Waals surface area (Å²) in [6.07, 6.45) is 6.30. The largest absolute Gasteiger partial charge is 0.493 e. The van der Waals surface area contributed by atoms with Gasteiger partial charge >= 0.3 is 0 Å². The van der Waals surface area contributed by atoms with Gasteiger partial charge in [-0.25, -0.2) is 0 Å². The number of rotatable bonds is 6. The van der Waals surface area contributed by atoms with Gasteiger partial charge in [-0.05, 0) is 61.4 Å². The van der Waals surface area contributed by atoms with E-state index in [0.717, 1.165) is 57.2 Å². The van der Waals surface area contributed by atoms with Crippen molar-refractivity contribution in [1.29, 1.82) is 0 Å². The summed E-state index contributed by atoms with van der Waals surface area (Å²) < 4.78 is 18.1. The molecule has 1 aliphatic carbocycles. The van der Waals surface area contributed by atoms with E-state index >= 15 is 0 Å². The summed E-state index contributed by atoms with van der Waals surface area (Å²) in [6, 6.07) is 11.8. The number of hydrogen-bond acceptors (Lipinski definition) is 7. The highest BCUT2D eigenvalue weighted by molar-refractivity contribution is 5.95. The van der Waals surface area contributed by atoms with Crippen molar-refractivity contribution < 1.29 is 33.4 Å². The highest BCUT2D eigenvalue weighted by atomic mass is 16.5. The van der Waals surface area contributed by atoms with Gasteiger partial charge in [0.1, 0.15) is 23.4 Å². The molecule has 4 amide bonds. The first-order valence-corrected chi connectivity index (χ1v) is 16.2. The van der Waals surface area contributed by atoms with E-state index in [-0.39, 0.29) is 56.2 Å². The molecule has 2 saturated heterocycles. The van der Waals surface area contributed by atoms with E-state index < -0.39 is 12.1 Å². The molecule has 0 spiro atoms. The molecular formula is C34H42N4O7. The Morgan fingerprint density at radius 2 is 1.60 bits per heavy atom. The predicted molar refractivity (Wildman–Crippen MR) is 165 cm³/mol. The van der Waals surface area contributed by atoms with Crippen LogP contribution >= 0.6 is 0 Å². The highest BCUT2D eigenvalue weighted by Gasteiger charge is 2.38. The molecule has 0 radical (unpaired) electrons. The fraction of sp³-hybridized carbons (Fsp3) is 0.529. The van der Waals surface area contributed by atoms with Crippen LogP contribution < -0.4 is 24.8 Å². The molecule has 11 heteroatoms. The van der Waals surface area contributed by atoms with Crippen molar-refractivity contribution in [2.45, 2.75) is 70.1 Å². The normalized spacial score (nSPS) is 22.2. The average molecular weight is 619 g/mol. The third kappa shape index (κ3) is 8.46. The molecule has 0 aromatic heterocycles. The Kier molecular flexibility index (Phi) is 9.71.